The monoisotopic (exact) mass is 751 g/mol. The molecule has 0 aliphatic heterocycles. The first-order valence-electron chi connectivity index (χ1n) is 15.3. The van der Waals surface area contributed by atoms with Crippen molar-refractivity contribution < 1.29 is 9.59 Å². The lowest BCUT2D eigenvalue weighted by molar-refractivity contribution is 0.251. The summed E-state index contributed by atoms with van der Waals surface area (Å²) >= 11 is 6.46. The summed E-state index contributed by atoms with van der Waals surface area (Å²) in [5.74, 6) is 0. The van der Waals surface area contributed by atoms with Crippen LogP contribution in [-0.4, -0.2) is 50.1 Å². The summed E-state index contributed by atoms with van der Waals surface area (Å²) in [6.45, 7) is 4.88. The van der Waals surface area contributed by atoms with Crippen LogP contribution in [0.1, 0.15) is 13.8 Å². The first kappa shape index (κ1) is 33.6. The molecule has 0 unspecified atom stereocenters. The van der Waals surface area contributed by atoms with E-state index in [4.69, 9.17) is 0 Å². The molecule has 4 amide bonds. The van der Waals surface area contributed by atoms with Gasteiger partial charge in [-0.3, -0.25) is 25.6 Å². The van der Waals surface area contributed by atoms with E-state index in [-0.39, 0.29) is 12.1 Å². The Kier molecular flexibility index (Phi) is 10.8. The third-order valence-electron chi connectivity index (χ3n) is 7.01. The largest absolute Gasteiger partial charge is 0.338 e. The van der Waals surface area contributed by atoms with Gasteiger partial charge in [-0.05, 0) is 83.4 Å². The molecule has 246 valence electrons. The maximum atomic E-state index is 11.9. The third kappa shape index (κ3) is 8.23. The molecule has 0 bridgehead atoms. The summed E-state index contributed by atoms with van der Waals surface area (Å²) in [5, 5.41) is 12.1. The summed E-state index contributed by atoms with van der Waals surface area (Å²) in [4.78, 5) is 45.1. The topological polar surface area (TPSA) is 147 Å². The molecule has 7 aromatic rings. The highest BCUT2D eigenvalue weighted by Gasteiger charge is 2.15. The quantitative estimate of drug-likeness (QED) is 0.127. The lowest BCUT2D eigenvalue weighted by Gasteiger charge is -2.07. The average molecular weight is 753 g/mol. The van der Waals surface area contributed by atoms with Crippen molar-refractivity contribution in [3.05, 3.63) is 102 Å². The van der Waals surface area contributed by atoms with Crippen molar-refractivity contribution >= 4 is 81.4 Å². The van der Waals surface area contributed by atoms with Crippen molar-refractivity contribution in [3.63, 3.8) is 0 Å². The van der Waals surface area contributed by atoms with E-state index in [0.717, 1.165) is 58.3 Å². The van der Waals surface area contributed by atoms with Gasteiger partial charge in [0, 0.05) is 77.0 Å². The minimum absolute atomic E-state index is 0.245. The van der Waals surface area contributed by atoms with E-state index in [1.807, 2.05) is 87.0 Å². The number of nitrogens with one attached hydrogen (secondary N) is 4. The van der Waals surface area contributed by atoms with E-state index in [2.05, 4.69) is 68.2 Å². The van der Waals surface area contributed by atoms with Crippen LogP contribution in [0, 0.1) is 0 Å². The number of hydrogen-bond donors (Lipinski definition) is 4. The summed E-state index contributed by atoms with van der Waals surface area (Å²) in [5.41, 5.74) is 7.78. The molecular formula is C35H30BrN9O2S2. The number of rotatable bonds is 7. The van der Waals surface area contributed by atoms with Crippen molar-refractivity contribution in [2.45, 2.75) is 13.8 Å². The lowest BCUT2D eigenvalue weighted by Crippen LogP contribution is -2.28. The molecule has 2 aromatic carbocycles. The number of urea groups is 2. The van der Waals surface area contributed by atoms with Gasteiger partial charge in [-0.2, -0.15) is 0 Å². The smallest absolute Gasteiger partial charge is 0.321 e. The number of anilines is 2. The predicted molar refractivity (Wildman–Crippen MR) is 202 cm³/mol. The van der Waals surface area contributed by atoms with E-state index < -0.39 is 0 Å². The van der Waals surface area contributed by atoms with Crippen molar-refractivity contribution in [1.29, 1.82) is 0 Å². The fourth-order valence-corrected chi connectivity index (χ4v) is 7.39. The second kappa shape index (κ2) is 15.7. The molecule has 0 atom stereocenters. The number of aromatic nitrogens is 5. The summed E-state index contributed by atoms with van der Waals surface area (Å²) in [6.07, 6.45) is 10.7. The molecule has 0 saturated heterocycles. The van der Waals surface area contributed by atoms with Gasteiger partial charge < -0.3 is 10.6 Å². The van der Waals surface area contributed by atoms with E-state index in [1.54, 1.807) is 18.6 Å². The Morgan fingerprint density at radius 3 is 1.59 bits per heavy atom. The van der Waals surface area contributed by atoms with Crippen LogP contribution in [0.15, 0.2) is 102 Å². The standard InChI is InChI=1S/C20H17N5OS.C15H13BrN4OS/c1-2-23-19(26)25-20-24-17-10-15(13-5-3-7-21-11-13)9-16(18(17)27-20)14-6-4-8-22-12-14;1-2-18-14(21)20-15-19-12-7-10(6-11(16)13(12)22-15)9-4-3-5-17-8-9/h3-12H,2H2,1H3,(H2,23,24,25,26);3-8H,2H2,1H3,(H2,18,19,20,21). The first-order valence-corrected chi connectivity index (χ1v) is 17.7. The highest BCUT2D eigenvalue weighted by molar-refractivity contribution is 9.10. The normalized spacial score (nSPS) is 10.7. The molecule has 4 N–H and O–H groups in total. The van der Waals surface area contributed by atoms with Gasteiger partial charge in [0.1, 0.15) is 0 Å². The Balaban J connectivity index is 0.000000174. The van der Waals surface area contributed by atoms with Crippen LogP contribution in [0.3, 0.4) is 0 Å². The maximum Gasteiger partial charge on any atom is 0.321 e. The molecule has 0 fully saturated rings. The summed E-state index contributed by atoms with van der Waals surface area (Å²) in [7, 11) is 0. The van der Waals surface area contributed by atoms with Gasteiger partial charge in [-0.25, -0.2) is 19.6 Å². The molecule has 0 saturated carbocycles. The van der Waals surface area contributed by atoms with E-state index in [0.29, 0.717) is 23.4 Å². The fourth-order valence-electron chi connectivity index (χ4n) is 4.87. The van der Waals surface area contributed by atoms with Crippen molar-refractivity contribution in [3.8, 4) is 33.4 Å². The fraction of sp³-hybridized carbons (Fsp3) is 0.114. The van der Waals surface area contributed by atoms with Crippen LogP contribution >= 0.6 is 38.6 Å². The molecule has 0 spiro atoms. The van der Waals surface area contributed by atoms with Gasteiger partial charge in [0.2, 0.25) is 0 Å². The van der Waals surface area contributed by atoms with E-state index in [9.17, 15) is 9.59 Å². The molecule has 5 heterocycles. The molecule has 0 aliphatic rings. The molecule has 0 aliphatic carbocycles. The number of fused-ring (bicyclic) bond motifs is 2. The second-order valence-electron chi connectivity index (χ2n) is 10.4. The van der Waals surface area contributed by atoms with Crippen LogP contribution in [0.2, 0.25) is 0 Å². The van der Waals surface area contributed by atoms with Crippen molar-refractivity contribution in [2.75, 3.05) is 23.7 Å². The zero-order valence-electron chi connectivity index (χ0n) is 26.4. The molecule has 11 nitrogen and oxygen atoms in total. The number of benzene rings is 2. The first-order chi connectivity index (χ1) is 23.9. The Morgan fingerprint density at radius 1 is 0.633 bits per heavy atom. The number of pyridine rings is 3. The molecule has 0 radical (unpaired) electrons. The highest BCUT2D eigenvalue weighted by atomic mass is 79.9. The average Bonchev–Trinajstić information content (AvgIpc) is 3.73. The van der Waals surface area contributed by atoms with Crippen LogP contribution in [-0.2, 0) is 0 Å². The Morgan fingerprint density at radius 2 is 1.10 bits per heavy atom. The van der Waals surface area contributed by atoms with Gasteiger partial charge in [0.15, 0.2) is 10.3 Å². The van der Waals surface area contributed by atoms with Gasteiger partial charge in [0.05, 0.1) is 20.4 Å². The third-order valence-corrected chi connectivity index (χ3v) is 9.94. The highest BCUT2D eigenvalue weighted by Crippen LogP contribution is 2.39. The Labute approximate surface area is 298 Å². The van der Waals surface area contributed by atoms with Crippen LogP contribution in [0.5, 0.6) is 0 Å². The van der Waals surface area contributed by atoms with Crippen molar-refractivity contribution in [1.82, 2.24) is 35.6 Å². The number of hydrogen-bond acceptors (Lipinski definition) is 9. The van der Waals surface area contributed by atoms with Crippen LogP contribution in [0.25, 0.3) is 53.8 Å². The van der Waals surface area contributed by atoms with E-state index >= 15 is 0 Å². The summed E-state index contributed by atoms with van der Waals surface area (Å²) < 4.78 is 2.95. The van der Waals surface area contributed by atoms with Gasteiger partial charge in [-0.15, -0.1) is 0 Å². The molecular weight excluding hydrogens is 722 g/mol. The molecule has 7 rings (SSSR count). The van der Waals surface area contributed by atoms with Crippen LogP contribution in [0.4, 0.5) is 19.9 Å². The SMILES string of the molecule is CCNC(=O)Nc1nc2cc(-c3cccnc3)cc(-c3cccnc3)c2s1.CCNC(=O)Nc1nc2cc(-c3cccnc3)cc(Br)c2s1. The molecule has 5 aromatic heterocycles. The minimum atomic E-state index is -0.257. The number of carbonyl (C=O) groups excluding carboxylic acids is 2. The number of carbonyl (C=O) groups is 2. The second-order valence-corrected chi connectivity index (χ2v) is 13.3. The molecule has 14 heteroatoms. The Bertz CT molecular complexity index is 2210. The number of amides is 4. The summed E-state index contributed by atoms with van der Waals surface area (Å²) in [6, 6.07) is 19.4. The number of thiazole rings is 2. The predicted octanol–water partition coefficient (Wildman–Crippen LogP) is 8.82. The molecule has 49 heavy (non-hydrogen) atoms. The Hall–Kier alpha value is -5.31. The maximum absolute atomic E-state index is 11.9. The zero-order chi connectivity index (χ0) is 34.2. The van der Waals surface area contributed by atoms with Gasteiger partial charge in [-0.1, -0.05) is 40.9 Å². The zero-order valence-corrected chi connectivity index (χ0v) is 29.6. The lowest BCUT2D eigenvalue weighted by atomic mass is 10.0. The number of nitrogens with zero attached hydrogens (tertiary/aromatic N) is 5. The van der Waals surface area contributed by atoms with Crippen molar-refractivity contribution in [2.24, 2.45) is 0 Å². The van der Waals surface area contributed by atoms with Gasteiger partial charge in [0.25, 0.3) is 0 Å². The van der Waals surface area contributed by atoms with Crippen LogP contribution < -0.4 is 21.3 Å². The minimum Gasteiger partial charge on any atom is -0.338 e. The number of halogens is 1. The van der Waals surface area contributed by atoms with E-state index in [1.165, 1.54) is 22.7 Å². The van der Waals surface area contributed by atoms with Gasteiger partial charge >= 0.3 is 12.1 Å².